The Bertz CT molecular complexity index is 692. The molecular formula is C15H14F2N2O3. The Labute approximate surface area is 125 Å². The topological polar surface area (TPSA) is 78.4 Å². The van der Waals surface area contributed by atoms with Gasteiger partial charge in [0.05, 0.1) is 4.92 Å². The van der Waals surface area contributed by atoms with E-state index >= 15 is 0 Å². The lowest BCUT2D eigenvalue weighted by Gasteiger charge is -2.08. The number of benzene rings is 2. The molecule has 2 rings (SSSR count). The molecule has 0 heterocycles. The van der Waals surface area contributed by atoms with E-state index in [2.05, 4.69) is 0 Å². The second kappa shape index (κ2) is 6.95. The maximum absolute atomic E-state index is 13.6. The van der Waals surface area contributed by atoms with Crippen LogP contribution >= 0.6 is 0 Å². The van der Waals surface area contributed by atoms with Gasteiger partial charge in [0.25, 0.3) is 0 Å². The number of aryl methyl sites for hydroxylation is 1. The number of nitro benzene ring substituents is 1. The summed E-state index contributed by atoms with van der Waals surface area (Å²) in [7, 11) is 0. The summed E-state index contributed by atoms with van der Waals surface area (Å²) in [6, 6.07) is 7.16. The molecule has 7 heteroatoms. The van der Waals surface area contributed by atoms with Gasteiger partial charge in [-0.1, -0.05) is 6.07 Å². The van der Waals surface area contributed by atoms with Crippen LogP contribution in [0.5, 0.6) is 11.5 Å². The average molecular weight is 308 g/mol. The van der Waals surface area contributed by atoms with Gasteiger partial charge in [-0.15, -0.1) is 0 Å². The van der Waals surface area contributed by atoms with E-state index < -0.39 is 16.6 Å². The maximum Gasteiger partial charge on any atom is 0.311 e. The number of hydrogen-bond acceptors (Lipinski definition) is 4. The van der Waals surface area contributed by atoms with E-state index in [-0.39, 0.29) is 17.2 Å². The van der Waals surface area contributed by atoms with Crippen molar-refractivity contribution in [1.82, 2.24) is 0 Å². The first-order chi connectivity index (χ1) is 10.5. The second-order valence-corrected chi connectivity index (χ2v) is 4.63. The first-order valence-corrected chi connectivity index (χ1v) is 6.61. The number of nitro groups is 1. The lowest BCUT2D eigenvalue weighted by atomic mass is 10.1. The van der Waals surface area contributed by atoms with Gasteiger partial charge in [-0.25, -0.2) is 8.78 Å². The number of halogens is 2. The zero-order chi connectivity index (χ0) is 16.1. The molecule has 2 aromatic rings. The molecule has 0 saturated heterocycles. The smallest absolute Gasteiger partial charge is 0.311 e. The molecule has 2 N–H and O–H groups in total. The number of rotatable bonds is 6. The fourth-order valence-corrected chi connectivity index (χ4v) is 1.93. The van der Waals surface area contributed by atoms with Crippen LogP contribution in [0.2, 0.25) is 0 Å². The van der Waals surface area contributed by atoms with E-state index in [0.717, 1.165) is 17.7 Å². The lowest BCUT2D eigenvalue weighted by Crippen LogP contribution is -2.01. The van der Waals surface area contributed by atoms with Crippen LogP contribution in [0, 0.1) is 21.7 Å². The molecule has 0 saturated carbocycles. The Hall–Kier alpha value is -2.54. The fraction of sp³-hybridized carbons (Fsp3) is 0.200. The van der Waals surface area contributed by atoms with Crippen molar-refractivity contribution in [3.8, 4) is 11.5 Å². The summed E-state index contributed by atoms with van der Waals surface area (Å²) in [6.07, 6.45) is 1.30. The molecule has 0 aliphatic carbocycles. The summed E-state index contributed by atoms with van der Waals surface area (Å²) in [5, 5.41) is 11.1. The highest BCUT2D eigenvalue weighted by molar-refractivity contribution is 5.50. The van der Waals surface area contributed by atoms with E-state index in [4.69, 9.17) is 10.5 Å². The number of nitrogens with zero attached hydrogens (tertiary/aromatic N) is 1. The van der Waals surface area contributed by atoms with E-state index in [1.807, 2.05) is 0 Å². The molecule has 0 aliphatic heterocycles. The summed E-state index contributed by atoms with van der Waals surface area (Å²) in [6.45, 7) is 0.479. The first-order valence-electron chi connectivity index (χ1n) is 6.61. The molecule has 0 fully saturated rings. The van der Waals surface area contributed by atoms with Crippen LogP contribution in [0.3, 0.4) is 0 Å². The van der Waals surface area contributed by atoms with Crippen molar-refractivity contribution in [2.24, 2.45) is 5.73 Å². The second-order valence-electron chi connectivity index (χ2n) is 4.63. The third kappa shape index (κ3) is 3.76. The number of hydrogen-bond donors (Lipinski definition) is 1. The van der Waals surface area contributed by atoms with Crippen LogP contribution in [0.4, 0.5) is 14.5 Å². The molecule has 0 amide bonds. The Morgan fingerprint density at radius 2 is 1.86 bits per heavy atom. The molecule has 0 bridgehead atoms. The van der Waals surface area contributed by atoms with Crippen molar-refractivity contribution in [2.75, 3.05) is 6.54 Å². The van der Waals surface area contributed by atoms with Crippen LogP contribution < -0.4 is 10.5 Å². The average Bonchev–Trinajstić information content (AvgIpc) is 2.48. The molecule has 0 atom stereocenters. The summed E-state index contributed by atoms with van der Waals surface area (Å²) in [5.41, 5.74) is 5.86. The Morgan fingerprint density at radius 3 is 2.50 bits per heavy atom. The highest BCUT2D eigenvalue weighted by atomic mass is 19.1. The quantitative estimate of drug-likeness (QED) is 0.653. The van der Waals surface area contributed by atoms with Gasteiger partial charge in [0.15, 0.2) is 11.6 Å². The van der Waals surface area contributed by atoms with Crippen LogP contribution in [0.15, 0.2) is 36.4 Å². The SMILES string of the molecule is NCCCc1ccc(Oc2ccc(F)cc2F)c([N+](=O)[O-])c1. The van der Waals surface area contributed by atoms with Crippen molar-refractivity contribution in [3.05, 3.63) is 63.7 Å². The molecule has 0 aromatic heterocycles. The normalized spacial score (nSPS) is 10.5. The Kier molecular flexibility index (Phi) is 5.00. The molecule has 2 aromatic carbocycles. The molecular weight excluding hydrogens is 294 g/mol. The zero-order valence-electron chi connectivity index (χ0n) is 11.6. The summed E-state index contributed by atoms with van der Waals surface area (Å²) >= 11 is 0. The van der Waals surface area contributed by atoms with Crippen LogP contribution in [0.1, 0.15) is 12.0 Å². The minimum absolute atomic E-state index is 0.105. The monoisotopic (exact) mass is 308 g/mol. The van der Waals surface area contributed by atoms with Crippen LogP contribution in [-0.2, 0) is 6.42 Å². The van der Waals surface area contributed by atoms with Crippen molar-refractivity contribution < 1.29 is 18.4 Å². The highest BCUT2D eigenvalue weighted by Crippen LogP contribution is 2.33. The summed E-state index contributed by atoms with van der Waals surface area (Å²) < 4.78 is 31.6. The Balaban J connectivity index is 2.31. The molecule has 0 spiro atoms. The molecule has 0 unspecified atom stereocenters. The minimum Gasteiger partial charge on any atom is -0.447 e. The van der Waals surface area contributed by atoms with Gasteiger partial charge in [-0.05, 0) is 43.1 Å². The van der Waals surface area contributed by atoms with Gasteiger partial charge in [0.1, 0.15) is 5.82 Å². The van der Waals surface area contributed by atoms with E-state index in [1.54, 1.807) is 6.07 Å². The van der Waals surface area contributed by atoms with Crippen LogP contribution in [-0.4, -0.2) is 11.5 Å². The van der Waals surface area contributed by atoms with Gasteiger partial charge >= 0.3 is 5.69 Å². The number of ether oxygens (including phenoxy) is 1. The molecule has 5 nitrogen and oxygen atoms in total. The third-order valence-electron chi connectivity index (χ3n) is 3.00. The largest absolute Gasteiger partial charge is 0.447 e. The fourth-order valence-electron chi connectivity index (χ4n) is 1.93. The lowest BCUT2D eigenvalue weighted by molar-refractivity contribution is -0.385. The van der Waals surface area contributed by atoms with Crippen molar-refractivity contribution >= 4 is 5.69 Å². The predicted molar refractivity (Wildman–Crippen MR) is 76.9 cm³/mol. The Morgan fingerprint density at radius 1 is 1.14 bits per heavy atom. The van der Waals surface area contributed by atoms with Gasteiger partial charge in [0, 0.05) is 12.1 Å². The third-order valence-corrected chi connectivity index (χ3v) is 3.00. The van der Waals surface area contributed by atoms with Crippen molar-refractivity contribution in [2.45, 2.75) is 12.8 Å². The molecule has 22 heavy (non-hydrogen) atoms. The van der Waals surface area contributed by atoms with Gasteiger partial charge in [-0.3, -0.25) is 10.1 Å². The van der Waals surface area contributed by atoms with Crippen molar-refractivity contribution in [3.63, 3.8) is 0 Å². The van der Waals surface area contributed by atoms with E-state index in [0.29, 0.717) is 25.5 Å². The number of nitrogens with two attached hydrogens (primary N) is 1. The van der Waals surface area contributed by atoms with Gasteiger partial charge < -0.3 is 10.5 Å². The van der Waals surface area contributed by atoms with Crippen molar-refractivity contribution in [1.29, 1.82) is 0 Å². The molecule has 0 aliphatic rings. The zero-order valence-corrected chi connectivity index (χ0v) is 11.6. The van der Waals surface area contributed by atoms with E-state index in [9.17, 15) is 18.9 Å². The summed E-state index contributed by atoms with van der Waals surface area (Å²) in [5.74, 6) is -2.07. The molecule has 0 radical (unpaired) electrons. The predicted octanol–water partition coefficient (Wildman–Crippen LogP) is 3.56. The van der Waals surface area contributed by atoms with Crippen LogP contribution in [0.25, 0.3) is 0 Å². The summed E-state index contributed by atoms with van der Waals surface area (Å²) in [4.78, 5) is 10.5. The maximum atomic E-state index is 13.6. The minimum atomic E-state index is -0.929. The van der Waals surface area contributed by atoms with Gasteiger partial charge in [-0.2, -0.15) is 0 Å². The van der Waals surface area contributed by atoms with Gasteiger partial charge in [0.2, 0.25) is 5.75 Å². The highest BCUT2D eigenvalue weighted by Gasteiger charge is 2.18. The first kappa shape index (κ1) is 15.8. The standard InChI is InChI=1S/C15H14F2N2O3/c16-11-4-6-14(12(17)9-11)22-15-5-3-10(2-1-7-18)8-13(15)19(20)21/h3-6,8-9H,1-2,7,18H2. The molecule has 116 valence electrons. The van der Waals surface area contributed by atoms with E-state index in [1.165, 1.54) is 12.1 Å².